The molecule has 4 fully saturated rings. The van der Waals surface area contributed by atoms with Crippen LogP contribution in [0.15, 0.2) is 36.4 Å². The van der Waals surface area contributed by atoms with Crippen molar-refractivity contribution in [3.05, 3.63) is 53.1 Å². The Balaban J connectivity index is 1.28. The first-order valence-electron chi connectivity index (χ1n) is 17.2. The van der Waals surface area contributed by atoms with Crippen LogP contribution in [0.4, 0.5) is 0 Å². The highest BCUT2D eigenvalue weighted by Crippen LogP contribution is 2.66. The SMILES string of the molecule is COc1ccc2c(c1)C1CC1(C(=O)N1C[C@H]3C[C@@H]1CN3CC(C)C)Cn1c-2c(C2CCCCC2)c2ccc(C(=O)NS(N)(=O)=O)cc21. The molecule has 2 saturated heterocycles. The summed E-state index contributed by atoms with van der Waals surface area (Å²) in [7, 11) is -2.54. The average Bonchev–Trinajstić information content (AvgIpc) is 3.27. The van der Waals surface area contributed by atoms with Crippen LogP contribution in [0.3, 0.4) is 0 Å². The Hall–Kier alpha value is -3.41. The van der Waals surface area contributed by atoms with Crippen LogP contribution < -0.4 is 14.6 Å². The van der Waals surface area contributed by atoms with Gasteiger partial charge in [-0.25, -0.2) is 9.86 Å². The Kier molecular flexibility index (Phi) is 7.27. The zero-order valence-corrected chi connectivity index (χ0v) is 28.3. The van der Waals surface area contributed by atoms with Crippen molar-refractivity contribution in [3.8, 4) is 17.0 Å². The number of methoxy groups -OCH3 is 1. The van der Waals surface area contributed by atoms with E-state index in [1.807, 2.05) is 16.9 Å². The van der Waals surface area contributed by atoms with Crippen molar-refractivity contribution in [2.45, 2.75) is 89.3 Å². The van der Waals surface area contributed by atoms with Gasteiger partial charge in [-0.05, 0) is 79.0 Å². The van der Waals surface area contributed by atoms with Crippen molar-refractivity contribution in [2.24, 2.45) is 16.5 Å². The minimum atomic E-state index is -4.23. The van der Waals surface area contributed by atoms with Gasteiger partial charge in [0.2, 0.25) is 5.91 Å². The second-order valence-corrected chi connectivity index (χ2v) is 16.4. The van der Waals surface area contributed by atoms with E-state index in [4.69, 9.17) is 9.88 Å². The van der Waals surface area contributed by atoms with Crippen molar-refractivity contribution in [3.63, 3.8) is 0 Å². The van der Waals surface area contributed by atoms with Gasteiger partial charge in [-0.2, -0.15) is 8.42 Å². The molecule has 10 nitrogen and oxygen atoms in total. The van der Waals surface area contributed by atoms with E-state index in [0.29, 0.717) is 24.4 Å². The summed E-state index contributed by atoms with van der Waals surface area (Å²) >= 11 is 0. The number of fused-ring (bicyclic) bond motifs is 9. The summed E-state index contributed by atoms with van der Waals surface area (Å²) in [4.78, 5) is 32.7. The van der Waals surface area contributed by atoms with Gasteiger partial charge >= 0.3 is 0 Å². The number of benzene rings is 2. The predicted molar refractivity (Wildman–Crippen MR) is 180 cm³/mol. The van der Waals surface area contributed by atoms with Gasteiger partial charge in [-0.1, -0.05) is 39.2 Å². The molecule has 2 aromatic carbocycles. The lowest BCUT2D eigenvalue weighted by Gasteiger charge is -2.37. The number of carbonyl (C=O) groups excluding carboxylic acids is 2. The Morgan fingerprint density at radius 3 is 2.53 bits per heavy atom. The molecule has 2 saturated carbocycles. The van der Waals surface area contributed by atoms with Crippen LogP contribution >= 0.6 is 0 Å². The van der Waals surface area contributed by atoms with Crippen LogP contribution in [-0.2, 0) is 21.5 Å². The Morgan fingerprint density at radius 2 is 1.85 bits per heavy atom. The molecule has 4 atom stereocenters. The summed E-state index contributed by atoms with van der Waals surface area (Å²) in [5, 5.41) is 6.23. The average molecular weight is 660 g/mol. The van der Waals surface area contributed by atoms with Gasteiger partial charge in [0.1, 0.15) is 5.75 Å². The Morgan fingerprint density at radius 1 is 1.06 bits per heavy atom. The monoisotopic (exact) mass is 659 g/mol. The molecule has 0 spiro atoms. The molecular weight excluding hydrogens is 614 g/mol. The zero-order chi connectivity index (χ0) is 32.8. The van der Waals surface area contributed by atoms with Gasteiger partial charge in [-0.3, -0.25) is 14.5 Å². The number of aromatic nitrogens is 1. The molecule has 3 aromatic rings. The van der Waals surface area contributed by atoms with Crippen LogP contribution in [0.5, 0.6) is 5.75 Å². The quantitative estimate of drug-likeness (QED) is 0.378. The summed E-state index contributed by atoms with van der Waals surface area (Å²) in [5.74, 6) is 1.27. The summed E-state index contributed by atoms with van der Waals surface area (Å²) in [6, 6.07) is 12.4. The van der Waals surface area contributed by atoms with Crippen LogP contribution in [0, 0.1) is 11.3 Å². The van der Waals surface area contributed by atoms with Crippen molar-refractivity contribution in [1.29, 1.82) is 0 Å². The summed E-state index contributed by atoms with van der Waals surface area (Å²) < 4.78 is 33.5. The van der Waals surface area contributed by atoms with E-state index in [1.165, 1.54) is 12.0 Å². The number of nitrogens with zero attached hydrogens (tertiary/aromatic N) is 3. The lowest BCUT2D eigenvalue weighted by Crippen LogP contribution is -2.52. The lowest BCUT2D eigenvalue weighted by molar-refractivity contribution is -0.140. The van der Waals surface area contributed by atoms with E-state index < -0.39 is 21.5 Å². The molecule has 3 aliphatic heterocycles. The molecular formula is C36H45N5O5S. The van der Waals surface area contributed by atoms with Crippen molar-refractivity contribution in [2.75, 3.05) is 26.7 Å². The summed E-state index contributed by atoms with van der Waals surface area (Å²) in [6.07, 6.45) is 7.52. The fourth-order valence-electron chi connectivity index (χ4n) is 9.59. The largest absolute Gasteiger partial charge is 0.497 e. The Labute approximate surface area is 276 Å². The second-order valence-electron chi connectivity index (χ2n) is 15.1. The van der Waals surface area contributed by atoms with Gasteiger partial charge < -0.3 is 14.2 Å². The number of ether oxygens (including phenoxy) is 1. The van der Waals surface area contributed by atoms with E-state index in [1.54, 1.807) is 19.2 Å². The lowest BCUT2D eigenvalue weighted by atomic mass is 9.81. The molecule has 2 bridgehead atoms. The number of hydrogen-bond donors (Lipinski definition) is 2. The number of likely N-dealkylation sites (tertiary alicyclic amines) is 2. The summed E-state index contributed by atoms with van der Waals surface area (Å²) in [6.45, 7) is 7.80. The zero-order valence-electron chi connectivity index (χ0n) is 27.5. The van der Waals surface area contributed by atoms with Gasteiger partial charge in [0.15, 0.2) is 0 Å². The molecule has 3 N–H and O–H groups in total. The highest BCUT2D eigenvalue weighted by Gasteiger charge is 2.65. The van der Waals surface area contributed by atoms with Crippen LogP contribution in [0.25, 0.3) is 22.2 Å². The van der Waals surface area contributed by atoms with Crippen LogP contribution in [0.1, 0.15) is 92.1 Å². The molecule has 47 heavy (non-hydrogen) atoms. The minimum Gasteiger partial charge on any atom is -0.497 e. The second kappa shape index (κ2) is 11.1. The van der Waals surface area contributed by atoms with E-state index in [9.17, 15) is 18.0 Å². The molecule has 2 amide bonds. The highest BCUT2D eigenvalue weighted by atomic mass is 32.2. The third-order valence-corrected chi connectivity index (χ3v) is 12.1. The number of piperazine rings is 1. The number of rotatable bonds is 7. The predicted octanol–water partition coefficient (Wildman–Crippen LogP) is 4.73. The van der Waals surface area contributed by atoms with Crippen molar-refractivity contribution >= 4 is 32.9 Å². The maximum absolute atomic E-state index is 14.9. The van der Waals surface area contributed by atoms with Crippen LogP contribution in [0.2, 0.25) is 0 Å². The first-order valence-corrected chi connectivity index (χ1v) is 18.8. The van der Waals surface area contributed by atoms with Crippen LogP contribution in [-0.4, -0.2) is 73.4 Å². The molecule has 250 valence electrons. The number of nitrogens with two attached hydrogens (primary N) is 1. The van der Waals surface area contributed by atoms with Crippen molar-refractivity contribution < 1.29 is 22.7 Å². The maximum atomic E-state index is 14.9. The number of hydrogen-bond acceptors (Lipinski definition) is 6. The number of carbonyl (C=O) groups is 2. The van der Waals surface area contributed by atoms with Gasteiger partial charge in [0.05, 0.1) is 18.2 Å². The fourth-order valence-corrected chi connectivity index (χ4v) is 9.96. The molecule has 0 radical (unpaired) electrons. The maximum Gasteiger partial charge on any atom is 0.298 e. The molecule has 4 heterocycles. The molecule has 11 heteroatoms. The normalized spacial score (nSPS) is 27.0. The first kappa shape index (κ1) is 30.9. The third-order valence-electron chi connectivity index (χ3n) is 11.7. The fraction of sp³-hybridized carbons (Fsp3) is 0.556. The van der Waals surface area contributed by atoms with E-state index in [0.717, 1.165) is 91.6 Å². The van der Waals surface area contributed by atoms with E-state index >= 15 is 0 Å². The van der Waals surface area contributed by atoms with E-state index in [-0.39, 0.29) is 23.4 Å². The molecule has 2 unspecified atom stereocenters. The van der Waals surface area contributed by atoms with Gasteiger partial charge in [0, 0.05) is 66.2 Å². The van der Waals surface area contributed by atoms with Gasteiger partial charge in [-0.15, -0.1) is 0 Å². The minimum absolute atomic E-state index is 0.0639. The third kappa shape index (κ3) is 5.07. The number of amides is 2. The van der Waals surface area contributed by atoms with E-state index in [2.05, 4.69) is 40.3 Å². The Bertz CT molecular complexity index is 1900. The number of nitrogens with one attached hydrogen (secondary N) is 1. The molecule has 5 aliphatic rings. The van der Waals surface area contributed by atoms with Gasteiger partial charge in [0.25, 0.3) is 16.1 Å². The molecule has 1 aromatic heterocycles. The van der Waals surface area contributed by atoms with Crippen molar-refractivity contribution in [1.82, 2.24) is 19.1 Å². The highest BCUT2D eigenvalue weighted by molar-refractivity contribution is 7.87. The summed E-state index contributed by atoms with van der Waals surface area (Å²) in [5.41, 5.74) is 5.16. The molecule has 8 rings (SSSR count). The molecule has 2 aliphatic carbocycles. The smallest absolute Gasteiger partial charge is 0.298 e. The topological polar surface area (TPSA) is 127 Å². The first-order chi connectivity index (χ1) is 22.5. The standard InChI is InChI=1S/C36H45N5O5S/c1-21(2)17-39-18-25-14-24(39)19-40(25)35(43)36-16-30(36)29-15-26(46-3)10-12-27(29)33-32(22-7-5-4-6-8-22)28-11-9-23(13-31(28)41(33)20-36)34(42)38-47(37,44)45/h9-13,15,21-22,24-25,30H,4-8,14,16-20H2,1-3H3,(H,38,42)(H2,37,44,45)/t24-,25-,30?,36?/m1/s1.